The highest BCUT2D eigenvalue weighted by Gasteiger charge is 2.27. The van der Waals surface area contributed by atoms with E-state index in [1.807, 2.05) is 43.9 Å². The first kappa shape index (κ1) is 20.5. The smallest absolute Gasteiger partial charge is 0.263 e. The second kappa shape index (κ2) is 8.56. The molecule has 2 aromatic carbocycles. The number of hydrogen-bond donors (Lipinski definition) is 0. The number of rotatable bonds is 5. The summed E-state index contributed by atoms with van der Waals surface area (Å²) in [5, 5.41) is 0. The fourth-order valence-corrected chi connectivity index (χ4v) is 4.05. The Hall–Kier alpha value is -2.73. The van der Waals surface area contributed by atoms with Crippen molar-refractivity contribution in [1.29, 1.82) is 0 Å². The van der Waals surface area contributed by atoms with Gasteiger partial charge in [-0.15, -0.1) is 0 Å². The average Bonchev–Trinajstić information content (AvgIpc) is 3.19. The Morgan fingerprint density at radius 2 is 1.77 bits per heavy atom. The third-order valence-electron chi connectivity index (χ3n) is 5.94. The van der Waals surface area contributed by atoms with Crippen LogP contribution in [0.5, 0.6) is 17.2 Å². The molecular formula is C24H30N2O4. The van der Waals surface area contributed by atoms with Crippen LogP contribution in [0, 0.1) is 20.8 Å². The number of amides is 1. The van der Waals surface area contributed by atoms with Gasteiger partial charge in [-0.2, -0.15) is 0 Å². The number of aryl methyl sites for hydroxylation is 2. The van der Waals surface area contributed by atoms with E-state index in [1.165, 1.54) is 11.1 Å². The highest BCUT2D eigenvalue weighted by Crippen LogP contribution is 2.33. The minimum absolute atomic E-state index is 0.0521. The van der Waals surface area contributed by atoms with Gasteiger partial charge in [0.15, 0.2) is 17.6 Å². The zero-order valence-electron chi connectivity index (χ0n) is 18.2. The predicted molar refractivity (Wildman–Crippen MR) is 115 cm³/mol. The van der Waals surface area contributed by atoms with Gasteiger partial charge in [-0.25, -0.2) is 0 Å². The highest BCUT2D eigenvalue weighted by atomic mass is 16.7. The van der Waals surface area contributed by atoms with Gasteiger partial charge in [0.25, 0.3) is 5.91 Å². The van der Waals surface area contributed by atoms with Gasteiger partial charge in [0.2, 0.25) is 6.79 Å². The van der Waals surface area contributed by atoms with Crippen LogP contribution in [0.4, 0.5) is 0 Å². The summed E-state index contributed by atoms with van der Waals surface area (Å²) in [5.74, 6) is 2.47. The van der Waals surface area contributed by atoms with Crippen molar-refractivity contribution in [3.8, 4) is 17.2 Å². The summed E-state index contributed by atoms with van der Waals surface area (Å²) < 4.78 is 16.9. The molecule has 0 unspecified atom stereocenters. The van der Waals surface area contributed by atoms with Crippen LogP contribution in [0.2, 0.25) is 0 Å². The van der Waals surface area contributed by atoms with Crippen molar-refractivity contribution in [2.24, 2.45) is 0 Å². The Bertz CT molecular complexity index is 935. The van der Waals surface area contributed by atoms with Gasteiger partial charge in [-0.3, -0.25) is 9.69 Å². The Morgan fingerprint density at radius 3 is 2.53 bits per heavy atom. The summed E-state index contributed by atoms with van der Waals surface area (Å²) in [4.78, 5) is 17.2. The Balaban J connectivity index is 1.31. The van der Waals surface area contributed by atoms with Crippen molar-refractivity contribution in [1.82, 2.24) is 9.80 Å². The molecule has 0 N–H and O–H groups in total. The minimum atomic E-state index is -0.495. The normalized spacial score (nSPS) is 17.1. The van der Waals surface area contributed by atoms with E-state index in [-0.39, 0.29) is 5.91 Å². The lowest BCUT2D eigenvalue weighted by molar-refractivity contribution is -0.139. The van der Waals surface area contributed by atoms with Crippen LogP contribution in [-0.2, 0) is 11.3 Å². The molecule has 1 atom stereocenters. The third kappa shape index (κ3) is 4.38. The molecule has 0 saturated carbocycles. The summed E-state index contributed by atoms with van der Waals surface area (Å²) >= 11 is 0. The van der Waals surface area contributed by atoms with Gasteiger partial charge >= 0.3 is 0 Å². The molecule has 4 rings (SSSR count). The van der Waals surface area contributed by atoms with E-state index in [9.17, 15) is 4.79 Å². The zero-order chi connectivity index (χ0) is 21.3. The van der Waals surface area contributed by atoms with Crippen LogP contribution in [0.15, 0.2) is 30.3 Å². The molecule has 1 saturated heterocycles. The van der Waals surface area contributed by atoms with Gasteiger partial charge < -0.3 is 19.1 Å². The first-order chi connectivity index (χ1) is 14.4. The molecule has 0 bridgehead atoms. The molecule has 160 valence electrons. The minimum Gasteiger partial charge on any atom is -0.481 e. The van der Waals surface area contributed by atoms with E-state index < -0.39 is 6.10 Å². The van der Waals surface area contributed by atoms with Gasteiger partial charge in [-0.05, 0) is 68.1 Å². The third-order valence-corrected chi connectivity index (χ3v) is 5.94. The van der Waals surface area contributed by atoms with Gasteiger partial charge in [0, 0.05) is 32.7 Å². The molecule has 1 fully saturated rings. The first-order valence-corrected chi connectivity index (χ1v) is 10.5. The van der Waals surface area contributed by atoms with Crippen molar-refractivity contribution in [3.63, 3.8) is 0 Å². The molecule has 0 radical (unpaired) electrons. The fourth-order valence-electron chi connectivity index (χ4n) is 4.05. The summed E-state index contributed by atoms with van der Waals surface area (Å²) in [5.41, 5.74) is 4.61. The number of nitrogens with zero attached hydrogens (tertiary/aromatic N) is 2. The van der Waals surface area contributed by atoms with Crippen LogP contribution in [0.25, 0.3) is 0 Å². The number of ether oxygens (including phenoxy) is 3. The Morgan fingerprint density at radius 1 is 1.03 bits per heavy atom. The van der Waals surface area contributed by atoms with E-state index in [2.05, 4.69) is 24.0 Å². The van der Waals surface area contributed by atoms with Crippen molar-refractivity contribution in [2.45, 2.75) is 40.3 Å². The molecule has 30 heavy (non-hydrogen) atoms. The number of fused-ring (bicyclic) bond motifs is 1. The molecular weight excluding hydrogens is 380 g/mol. The summed E-state index contributed by atoms with van der Waals surface area (Å²) in [7, 11) is 0. The monoisotopic (exact) mass is 410 g/mol. The molecule has 2 aromatic rings. The molecule has 6 nitrogen and oxygen atoms in total. The topological polar surface area (TPSA) is 51.2 Å². The molecule has 1 amide bonds. The van der Waals surface area contributed by atoms with E-state index in [4.69, 9.17) is 14.2 Å². The van der Waals surface area contributed by atoms with Crippen LogP contribution >= 0.6 is 0 Å². The number of hydrogen-bond acceptors (Lipinski definition) is 5. The number of carbonyl (C=O) groups excluding carboxylic acids is 1. The Labute approximate surface area is 178 Å². The second-order valence-corrected chi connectivity index (χ2v) is 8.25. The maximum absolute atomic E-state index is 12.9. The van der Waals surface area contributed by atoms with Crippen molar-refractivity contribution < 1.29 is 19.0 Å². The van der Waals surface area contributed by atoms with Gasteiger partial charge in [0.05, 0.1) is 0 Å². The van der Waals surface area contributed by atoms with Crippen molar-refractivity contribution in [2.75, 3.05) is 33.0 Å². The largest absolute Gasteiger partial charge is 0.481 e. The van der Waals surface area contributed by atoms with E-state index in [0.717, 1.165) is 48.0 Å². The zero-order valence-corrected chi connectivity index (χ0v) is 18.2. The maximum atomic E-state index is 12.9. The van der Waals surface area contributed by atoms with Crippen molar-refractivity contribution >= 4 is 5.91 Å². The van der Waals surface area contributed by atoms with Gasteiger partial charge in [0.1, 0.15) is 5.75 Å². The standard InChI is InChI=1S/C24H30N2O4/c1-16-11-17(2)18(3)22(12-16)30-19(4)24(27)26-9-7-25(8-10-26)14-20-5-6-21-23(13-20)29-15-28-21/h5-6,11-13,19H,7-10,14-15H2,1-4H3/t19-/m0/s1. The number of benzene rings is 2. The van der Waals surface area contributed by atoms with Crippen molar-refractivity contribution in [3.05, 3.63) is 52.6 Å². The molecule has 0 spiro atoms. The molecule has 0 aliphatic carbocycles. The molecule has 6 heteroatoms. The number of piperazine rings is 1. The Kier molecular flexibility index (Phi) is 5.86. The quantitative estimate of drug-likeness (QED) is 0.756. The lowest BCUT2D eigenvalue weighted by Crippen LogP contribution is -2.51. The summed E-state index contributed by atoms with van der Waals surface area (Å²) in [6, 6.07) is 10.2. The second-order valence-electron chi connectivity index (χ2n) is 8.25. The lowest BCUT2D eigenvalue weighted by Gasteiger charge is -2.36. The summed E-state index contributed by atoms with van der Waals surface area (Å²) in [6.07, 6.45) is -0.495. The first-order valence-electron chi connectivity index (χ1n) is 10.5. The molecule has 2 heterocycles. The van der Waals surface area contributed by atoms with Crippen LogP contribution in [0.3, 0.4) is 0 Å². The highest BCUT2D eigenvalue weighted by molar-refractivity contribution is 5.81. The van der Waals surface area contributed by atoms with E-state index in [0.29, 0.717) is 19.9 Å². The van der Waals surface area contributed by atoms with Crippen LogP contribution in [0.1, 0.15) is 29.2 Å². The SMILES string of the molecule is Cc1cc(C)c(C)c(O[C@@H](C)C(=O)N2CCN(Cc3ccc4c(c3)OCO4)CC2)c1. The van der Waals surface area contributed by atoms with Crippen LogP contribution in [-0.4, -0.2) is 54.8 Å². The molecule has 2 aliphatic heterocycles. The molecule has 2 aliphatic rings. The van der Waals surface area contributed by atoms with E-state index >= 15 is 0 Å². The fraction of sp³-hybridized carbons (Fsp3) is 0.458. The average molecular weight is 411 g/mol. The van der Waals surface area contributed by atoms with Gasteiger partial charge in [-0.1, -0.05) is 12.1 Å². The van der Waals surface area contributed by atoms with Crippen LogP contribution < -0.4 is 14.2 Å². The number of carbonyl (C=O) groups is 1. The summed E-state index contributed by atoms with van der Waals surface area (Å²) in [6.45, 7) is 12.2. The maximum Gasteiger partial charge on any atom is 0.263 e. The predicted octanol–water partition coefficient (Wildman–Crippen LogP) is 3.45. The van der Waals surface area contributed by atoms with E-state index in [1.54, 1.807) is 0 Å². The molecule has 0 aromatic heterocycles. The lowest BCUT2D eigenvalue weighted by atomic mass is 10.1.